The van der Waals surface area contributed by atoms with Gasteiger partial charge in [-0.05, 0) is 51.0 Å². The predicted molar refractivity (Wildman–Crippen MR) is 97.8 cm³/mol. The van der Waals surface area contributed by atoms with Crippen molar-refractivity contribution in [2.75, 3.05) is 0 Å². The minimum Gasteiger partial charge on any atom is -0.361 e. The van der Waals surface area contributed by atoms with Crippen molar-refractivity contribution in [2.24, 2.45) is 0 Å². The number of ketones is 1. The van der Waals surface area contributed by atoms with Gasteiger partial charge in [-0.15, -0.1) is 0 Å². The standard InChI is InChI=1S/C21H22N2O2/c1-13-9-14(2)21(15(3)10-13)19-11-18(25-23-19)7-8-20(24)17-6-5-16(4)22-12-17/h5-6,9-12H,7-8H2,1-4H3. The normalized spacial score (nSPS) is 10.9. The number of pyridine rings is 1. The molecule has 0 fully saturated rings. The first kappa shape index (κ1) is 17.1. The summed E-state index contributed by atoms with van der Waals surface area (Å²) in [5, 5.41) is 4.20. The van der Waals surface area contributed by atoms with Crippen LogP contribution in [0.15, 0.2) is 41.1 Å². The maximum Gasteiger partial charge on any atom is 0.164 e. The molecule has 0 aliphatic carbocycles. The molecule has 0 atom stereocenters. The number of carbonyl (C=O) groups is 1. The molecule has 0 saturated carbocycles. The largest absolute Gasteiger partial charge is 0.361 e. The molecule has 0 amide bonds. The smallest absolute Gasteiger partial charge is 0.164 e. The van der Waals surface area contributed by atoms with Crippen LogP contribution in [-0.4, -0.2) is 15.9 Å². The van der Waals surface area contributed by atoms with Crippen LogP contribution in [0.3, 0.4) is 0 Å². The van der Waals surface area contributed by atoms with Gasteiger partial charge in [0.2, 0.25) is 0 Å². The van der Waals surface area contributed by atoms with Gasteiger partial charge < -0.3 is 4.52 Å². The SMILES string of the molecule is Cc1cc(C)c(-c2cc(CCC(=O)c3ccc(C)nc3)on2)c(C)c1. The summed E-state index contributed by atoms with van der Waals surface area (Å²) in [5.74, 6) is 0.788. The second-order valence-corrected chi connectivity index (χ2v) is 6.56. The van der Waals surface area contributed by atoms with Crippen LogP contribution in [-0.2, 0) is 6.42 Å². The Hall–Kier alpha value is -2.75. The van der Waals surface area contributed by atoms with Crippen LogP contribution in [0.1, 0.15) is 44.9 Å². The quantitative estimate of drug-likeness (QED) is 0.630. The first-order valence-electron chi connectivity index (χ1n) is 8.43. The van der Waals surface area contributed by atoms with Crippen LogP contribution < -0.4 is 0 Å². The molecule has 0 aliphatic rings. The lowest BCUT2D eigenvalue weighted by Crippen LogP contribution is -2.01. The van der Waals surface area contributed by atoms with Crippen molar-refractivity contribution in [1.29, 1.82) is 0 Å². The number of hydrogen-bond acceptors (Lipinski definition) is 4. The predicted octanol–water partition coefficient (Wildman–Crippen LogP) is 4.79. The molecule has 0 radical (unpaired) electrons. The fraction of sp³-hybridized carbons (Fsp3) is 0.286. The third-order valence-electron chi connectivity index (χ3n) is 4.32. The highest BCUT2D eigenvalue weighted by molar-refractivity contribution is 5.95. The van der Waals surface area contributed by atoms with Crippen LogP contribution in [0, 0.1) is 27.7 Å². The molecule has 2 heterocycles. The van der Waals surface area contributed by atoms with E-state index in [2.05, 4.69) is 43.0 Å². The Morgan fingerprint density at radius 2 is 1.76 bits per heavy atom. The van der Waals surface area contributed by atoms with Gasteiger partial charge in [0.15, 0.2) is 5.78 Å². The van der Waals surface area contributed by atoms with Gasteiger partial charge in [-0.25, -0.2) is 0 Å². The van der Waals surface area contributed by atoms with Gasteiger partial charge in [-0.3, -0.25) is 9.78 Å². The number of hydrogen-bond donors (Lipinski definition) is 0. The highest BCUT2D eigenvalue weighted by Crippen LogP contribution is 2.28. The zero-order chi connectivity index (χ0) is 18.0. The summed E-state index contributed by atoms with van der Waals surface area (Å²) < 4.78 is 5.45. The lowest BCUT2D eigenvalue weighted by atomic mass is 9.97. The van der Waals surface area contributed by atoms with E-state index in [9.17, 15) is 4.79 Å². The number of Topliss-reactive ketones (excluding diaryl/α,β-unsaturated/α-hetero) is 1. The molecule has 0 unspecified atom stereocenters. The molecule has 0 bridgehead atoms. The van der Waals surface area contributed by atoms with Crippen molar-refractivity contribution >= 4 is 5.78 Å². The van der Waals surface area contributed by atoms with E-state index >= 15 is 0 Å². The van der Waals surface area contributed by atoms with Crippen LogP contribution >= 0.6 is 0 Å². The maximum absolute atomic E-state index is 12.2. The summed E-state index contributed by atoms with van der Waals surface area (Å²) in [6.07, 6.45) is 2.54. The number of nitrogens with zero attached hydrogens (tertiary/aromatic N) is 2. The average Bonchev–Trinajstić information content (AvgIpc) is 3.01. The monoisotopic (exact) mass is 334 g/mol. The van der Waals surface area contributed by atoms with Crippen molar-refractivity contribution in [3.8, 4) is 11.3 Å². The molecule has 0 N–H and O–H groups in total. The summed E-state index contributed by atoms with van der Waals surface area (Å²) in [6, 6.07) is 9.89. The second kappa shape index (κ2) is 7.01. The van der Waals surface area contributed by atoms with Gasteiger partial charge >= 0.3 is 0 Å². The third kappa shape index (κ3) is 3.85. The molecule has 2 aromatic heterocycles. The molecule has 0 aliphatic heterocycles. The third-order valence-corrected chi connectivity index (χ3v) is 4.32. The lowest BCUT2D eigenvalue weighted by molar-refractivity contribution is 0.0980. The van der Waals surface area contributed by atoms with Gasteiger partial charge in [0, 0.05) is 41.9 Å². The molecule has 1 aromatic carbocycles. The molecule has 3 aromatic rings. The first-order chi connectivity index (χ1) is 11.9. The van der Waals surface area contributed by atoms with Crippen molar-refractivity contribution in [3.05, 3.63) is 70.2 Å². The van der Waals surface area contributed by atoms with E-state index in [4.69, 9.17) is 4.52 Å². The van der Waals surface area contributed by atoms with Crippen LogP contribution in [0.4, 0.5) is 0 Å². The van der Waals surface area contributed by atoms with E-state index in [0.29, 0.717) is 18.4 Å². The number of rotatable bonds is 5. The minimum absolute atomic E-state index is 0.0631. The van der Waals surface area contributed by atoms with Crippen molar-refractivity contribution in [1.82, 2.24) is 10.1 Å². The fourth-order valence-corrected chi connectivity index (χ4v) is 3.15. The van der Waals surface area contributed by atoms with Crippen molar-refractivity contribution in [2.45, 2.75) is 40.5 Å². The van der Waals surface area contributed by atoms with Gasteiger partial charge in [-0.1, -0.05) is 22.9 Å². The minimum atomic E-state index is 0.0631. The summed E-state index contributed by atoms with van der Waals surface area (Å²) in [5.41, 5.74) is 7.07. The van der Waals surface area contributed by atoms with Crippen molar-refractivity contribution < 1.29 is 9.32 Å². The number of carbonyl (C=O) groups excluding carboxylic acids is 1. The maximum atomic E-state index is 12.2. The Kier molecular flexibility index (Phi) is 4.79. The second-order valence-electron chi connectivity index (χ2n) is 6.56. The summed E-state index contributed by atoms with van der Waals surface area (Å²) in [4.78, 5) is 16.4. The Balaban J connectivity index is 1.72. The molecular formula is C21H22N2O2. The van der Waals surface area contributed by atoms with E-state index in [1.807, 2.05) is 25.1 Å². The van der Waals surface area contributed by atoms with E-state index < -0.39 is 0 Å². The van der Waals surface area contributed by atoms with Crippen LogP contribution in [0.25, 0.3) is 11.3 Å². The molecule has 0 spiro atoms. The first-order valence-corrected chi connectivity index (χ1v) is 8.43. The Morgan fingerprint density at radius 3 is 2.40 bits per heavy atom. The van der Waals surface area contributed by atoms with Crippen LogP contribution in [0.2, 0.25) is 0 Å². The average molecular weight is 334 g/mol. The molecule has 4 heteroatoms. The summed E-state index contributed by atoms with van der Waals surface area (Å²) in [7, 11) is 0. The van der Waals surface area contributed by atoms with E-state index in [1.165, 1.54) is 16.7 Å². The van der Waals surface area contributed by atoms with Gasteiger partial charge in [0.05, 0.1) is 0 Å². The van der Waals surface area contributed by atoms with E-state index in [-0.39, 0.29) is 5.78 Å². The molecule has 0 saturated heterocycles. The molecule has 4 nitrogen and oxygen atoms in total. The fourth-order valence-electron chi connectivity index (χ4n) is 3.15. The van der Waals surface area contributed by atoms with Gasteiger partial charge in [0.1, 0.15) is 11.5 Å². The zero-order valence-electron chi connectivity index (χ0n) is 15.1. The van der Waals surface area contributed by atoms with Crippen LogP contribution in [0.5, 0.6) is 0 Å². The lowest BCUT2D eigenvalue weighted by Gasteiger charge is -2.07. The molecule has 25 heavy (non-hydrogen) atoms. The van der Waals surface area contributed by atoms with E-state index in [1.54, 1.807) is 6.20 Å². The van der Waals surface area contributed by atoms with Gasteiger partial charge in [-0.2, -0.15) is 0 Å². The molecular weight excluding hydrogens is 312 g/mol. The number of aryl methyl sites for hydroxylation is 5. The highest BCUT2D eigenvalue weighted by Gasteiger charge is 2.14. The summed E-state index contributed by atoms with van der Waals surface area (Å²) >= 11 is 0. The Morgan fingerprint density at radius 1 is 1.04 bits per heavy atom. The van der Waals surface area contributed by atoms with Gasteiger partial charge in [0.25, 0.3) is 0 Å². The Labute approximate surface area is 147 Å². The topological polar surface area (TPSA) is 56.0 Å². The number of aromatic nitrogens is 2. The zero-order valence-corrected chi connectivity index (χ0v) is 15.1. The summed E-state index contributed by atoms with van der Waals surface area (Å²) in [6.45, 7) is 8.15. The van der Waals surface area contributed by atoms with E-state index in [0.717, 1.165) is 22.7 Å². The van der Waals surface area contributed by atoms with Crippen molar-refractivity contribution in [3.63, 3.8) is 0 Å². The highest BCUT2D eigenvalue weighted by atomic mass is 16.5. The molecule has 3 rings (SSSR count). The number of benzene rings is 1. The molecule has 128 valence electrons. The Bertz CT molecular complexity index is 885.